The van der Waals surface area contributed by atoms with E-state index in [2.05, 4.69) is 5.32 Å². The first-order chi connectivity index (χ1) is 12.9. The number of thiocarbonyl (C=S) groups is 1. The number of nitrogens with one attached hydrogen (secondary N) is 1. The van der Waals surface area contributed by atoms with Gasteiger partial charge in [0.25, 0.3) is 11.8 Å². The summed E-state index contributed by atoms with van der Waals surface area (Å²) in [7, 11) is 0. The van der Waals surface area contributed by atoms with Gasteiger partial charge in [0.05, 0.1) is 0 Å². The van der Waals surface area contributed by atoms with Crippen LogP contribution in [0.4, 0.5) is 4.39 Å². The lowest BCUT2D eigenvalue weighted by Gasteiger charge is -2.28. The van der Waals surface area contributed by atoms with Gasteiger partial charge in [-0.05, 0) is 80.9 Å². The molecule has 1 N–H and O–H groups in total. The van der Waals surface area contributed by atoms with Crippen molar-refractivity contribution in [3.8, 4) is 5.69 Å². The van der Waals surface area contributed by atoms with Crippen LogP contribution in [0.5, 0.6) is 0 Å². The summed E-state index contributed by atoms with van der Waals surface area (Å²) in [6.07, 6.45) is 3.40. The smallest absolute Gasteiger partial charge is 0.265 e. The normalized spacial score (nSPS) is 19.0. The summed E-state index contributed by atoms with van der Waals surface area (Å²) in [5, 5.41) is 2.79. The fourth-order valence-electron chi connectivity index (χ4n) is 3.41. The Morgan fingerprint density at radius 2 is 1.85 bits per heavy atom. The SMILES string of the molecule is Cc1cc(C=C2C(=O)NC(=S)N(C3CC3)C2=O)c(C)n1-c1ccc(F)cc1. The first-order valence-corrected chi connectivity index (χ1v) is 9.13. The number of halogens is 1. The van der Waals surface area contributed by atoms with Gasteiger partial charge < -0.3 is 4.57 Å². The van der Waals surface area contributed by atoms with Crippen LogP contribution in [-0.4, -0.2) is 32.4 Å². The lowest BCUT2D eigenvalue weighted by atomic mass is 10.1. The lowest BCUT2D eigenvalue weighted by molar-refractivity contribution is -0.129. The molecule has 2 heterocycles. The van der Waals surface area contributed by atoms with Gasteiger partial charge in [0.1, 0.15) is 11.4 Å². The summed E-state index contributed by atoms with van der Waals surface area (Å²) in [5.74, 6) is -1.13. The number of hydrogen-bond donors (Lipinski definition) is 1. The molecule has 0 bridgehead atoms. The molecule has 1 saturated carbocycles. The van der Waals surface area contributed by atoms with Crippen molar-refractivity contribution in [2.45, 2.75) is 32.7 Å². The number of benzene rings is 1. The van der Waals surface area contributed by atoms with Gasteiger partial charge in [-0.2, -0.15) is 0 Å². The second kappa shape index (κ2) is 6.42. The van der Waals surface area contributed by atoms with Gasteiger partial charge in [-0.3, -0.25) is 19.8 Å². The predicted octanol–water partition coefficient (Wildman–Crippen LogP) is 3.02. The molecule has 138 valence electrons. The molecule has 7 heteroatoms. The molecule has 0 unspecified atom stereocenters. The number of carbonyl (C=O) groups excluding carboxylic acids is 2. The van der Waals surface area contributed by atoms with E-state index in [-0.39, 0.29) is 28.5 Å². The topological polar surface area (TPSA) is 54.3 Å². The first-order valence-electron chi connectivity index (χ1n) is 8.72. The van der Waals surface area contributed by atoms with E-state index < -0.39 is 5.91 Å². The molecule has 2 aromatic rings. The Labute approximate surface area is 161 Å². The molecule has 1 saturated heterocycles. The Hall–Kier alpha value is -2.80. The molecule has 0 atom stereocenters. The molecule has 1 aromatic carbocycles. The predicted molar refractivity (Wildman–Crippen MR) is 104 cm³/mol. The molecule has 27 heavy (non-hydrogen) atoms. The molecule has 1 aliphatic heterocycles. The van der Waals surface area contributed by atoms with Crippen molar-refractivity contribution in [1.29, 1.82) is 0 Å². The minimum absolute atomic E-state index is 0.0786. The monoisotopic (exact) mass is 383 g/mol. The number of amides is 2. The van der Waals surface area contributed by atoms with Gasteiger partial charge in [-0.15, -0.1) is 0 Å². The fraction of sp³-hybridized carbons (Fsp3) is 0.250. The molecule has 5 nitrogen and oxygen atoms in total. The van der Waals surface area contributed by atoms with Gasteiger partial charge >= 0.3 is 0 Å². The summed E-state index contributed by atoms with van der Waals surface area (Å²) in [6.45, 7) is 3.82. The second-order valence-corrected chi connectivity index (χ2v) is 7.25. The minimum Gasteiger partial charge on any atom is -0.318 e. The molecular weight excluding hydrogens is 365 g/mol. The number of nitrogens with zero attached hydrogens (tertiary/aromatic N) is 2. The molecule has 4 rings (SSSR count). The number of hydrogen-bond acceptors (Lipinski definition) is 3. The Morgan fingerprint density at radius 1 is 1.19 bits per heavy atom. The molecular formula is C20H18FN3O2S. The second-order valence-electron chi connectivity index (χ2n) is 6.86. The van der Waals surface area contributed by atoms with Crippen molar-refractivity contribution >= 4 is 35.2 Å². The van der Waals surface area contributed by atoms with Crippen molar-refractivity contribution in [2.75, 3.05) is 0 Å². The average molecular weight is 383 g/mol. The fourth-order valence-corrected chi connectivity index (χ4v) is 3.74. The molecule has 2 fully saturated rings. The average Bonchev–Trinajstić information content (AvgIpc) is 3.39. The van der Waals surface area contributed by atoms with E-state index in [1.165, 1.54) is 17.0 Å². The highest BCUT2D eigenvalue weighted by Gasteiger charge is 2.42. The highest BCUT2D eigenvalue weighted by molar-refractivity contribution is 7.80. The lowest BCUT2D eigenvalue weighted by Crippen LogP contribution is -2.54. The quantitative estimate of drug-likeness (QED) is 0.504. The largest absolute Gasteiger partial charge is 0.318 e. The number of aryl methyl sites for hydroxylation is 1. The summed E-state index contributed by atoms with van der Waals surface area (Å²) in [4.78, 5) is 26.7. The zero-order valence-corrected chi connectivity index (χ0v) is 15.8. The molecule has 1 aliphatic carbocycles. The van der Waals surface area contributed by atoms with Crippen molar-refractivity contribution in [1.82, 2.24) is 14.8 Å². The number of rotatable bonds is 3. The van der Waals surface area contributed by atoms with E-state index in [0.29, 0.717) is 0 Å². The van der Waals surface area contributed by atoms with Crippen molar-refractivity contribution < 1.29 is 14.0 Å². The van der Waals surface area contributed by atoms with Crippen LogP contribution < -0.4 is 5.32 Å². The Bertz CT molecular complexity index is 1000. The summed E-state index contributed by atoms with van der Waals surface area (Å²) in [6, 6.07) is 8.18. The highest BCUT2D eigenvalue weighted by Crippen LogP contribution is 2.31. The summed E-state index contributed by atoms with van der Waals surface area (Å²) in [5.41, 5.74) is 3.44. The van der Waals surface area contributed by atoms with Gasteiger partial charge in [0.15, 0.2) is 5.11 Å². The zero-order chi connectivity index (χ0) is 19.3. The molecule has 1 aromatic heterocycles. The van der Waals surface area contributed by atoms with E-state index >= 15 is 0 Å². The van der Waals surface area contributed by atoms with Crippen LogP contribution in [0.1, 0.15) is 29.8 Å². The third-order valence-electron chi connectivity index (χ3n) is 4.90. The van der Waals surface area contributed by atoms with Crippen LogP contribution in [-0.2, 0) is 9.59 Å². The molecule has 2 amide bonds. The van der Waals surface area contributed by atoms with Crippen LogP contribution in [0.15, 0.2) is 35.9 Å². The van der Waals surface area contributed by atoms with E-state index in [4.69, 9.17) is 12.2 Å². The first kappa shape index (κ1) is 17.6. The molecule has 0 radical (unpaired) electrons. The molecule has 0 spiro atoms. The van der Waals surface area contributed by atoms with Gasteiger partial charge in [-0.1, -0.05) is 0 Å². The minimum atomic E-state index is -0.478. The van der Waals surface area contributed by atoms with Crippen LogP contribution in [0.3, 0.4) is 0 Å². The summed E-state index contributed by atoms with van der Waals surface area (Å²) < 4.78 is 15.2. The maximum atomic E-state index is 13.2. The Kier molecular flexibility index (Phi) is 4.19. The maximum absolute atomic E-state index is 13.2. The number of carbonyl (C=O) groups is 2. The third-order valence-corrected chi connectivity index (χ3v) is 5.20. The van der Waals surface area contributed by atoms with E-state index in [0.717, 1.165) is 35.5 Å². The van der Waals surface area contributed by atoms with Crippen LogP contribution in [0.2, 0.25) is 0 Å². The van der Waals surface area contributed by atoms with E-state index in [1.54, 1.807) is 18.2 Å². The van der Waals surface area contributed by atoms with Crippen molar-refractivity contribution in [2.24, 2.45) is 0 Å². The molecule has 2 aliphatic rings. The third kappa shape index (κ3) is 3.08. The Morgan fingerprint density at radius 3 is 2.48 bits per heavy atom. The van der Waals surface area contributed by atoms with Gasteiger partial charge in [-0.25, -0.2) is 4.39 Å². The van der Waals surface area contributed by atoms with Crippen molar-refractivity contribution in [3.63, 3.8) is 0 Å². The number of aromatic nitrogens is 1. The summed E-state index contributed by atoms with van der Waals surface area (Å²) >= 11 is 5.15. The van der Waals surface area contributed by atoms with E-state index in [9.17, 15) is 14.0 Å². The van der Waals surface area contributed by atoms with Crippen LogP contribution >= 0.6 is 12.2 Å². The van der Waals surface area contributed by atoms with Gasteiger partial charge in [0.2, 0.25) is 0 Å². The zero-order valence-electron chi connectivity index (χ0n) is 15.0. The van der Waals surface area contributed by atoms with Gasteiger partial charge in [0, 0.05) is 23.1 Å². The van der Waals surface area contributed by atoms with Crippen LogP contribution in [0.25, 0.3) is 11.8 Å². The van der Waals surface area contributed by atoms with E-state index in [1.807, 2.05) is 24.5 Å². The standard InChI is InChI=1S/C20H18FN3O2S/c1-11-9-13(12(2)23(11)15-5-3-14(21)4-6-15)10-17-18(25)22-20(27)24(19(17)26)16-7-8-16/h3-6,9-10,16H,7-8H2,1-2H3,(H,22,25,27). The van der Waals surface area contributed by atoms with Crippen LogP contribution in [0, 0.1) is 19.7 Å². The van der Waals surface area contributed by atoms with Crippen molar-refractivity contribution in [3.05, 3.63) is 58.7 Å². The highest BCUT2D eigenvalue weighted by atomic mass is 32.1. The maximum Gasteiger partial charge on any atom is 0.265 e. The Balaban J connectivity index is 1.74.